The molecule has 0 radical (unpaired) electrons. The summed E-state index contributed by atoms with van der Waals surface area (Å²) in [6, 6.07) is 8.49. The van der Waals surface area contributed by atoms with Crippen LogP contribution >= 0.6 is 0 Å². The van der Waals surface area contributed by atoms with E-state index in [1.165, 1.54) is 6.92 Å². The van der Waals surface area contributed by atoms with Gasteiger partial charge in [-0.15, -0.1) is 0 Å². The van der Waals surface area contributed by atoms with Gasteiger partial charge in [0, 0.05) is 30.9 Å². The Bertz CT molecular complexity index is 795. The number of fused-ring (bicyclic) bond motifs is 1. The number of rotatable bonds is 4. The molecule has 1 aromatic heterocycles. The fourth-order valence-electron chi connectivity index (χ4n) is 2.85. The molecule has 1 aliphatic rings. The second-order valence-electron chi connectivity index (χ2n) is 5.76. The monoisotopic (exact) mass is 326 g/mol. The van der Waals surface area contributed by atoms with Crippen LogP contribution in [-0.4, -0.2) is 35.3 Å². The number of carbonyl (C=O) groups excluding carboxylic acids is 3. The predicted molar refractivity (Wildman–Crippen MR) is 88.2 cm³/mol. The van der Waals surface area contributed by atoms with Gasteiger partial charge in [-0.05, 0) is 49.2 Å². The Kier molecular flexibility index (Phi) is 4.20. The molecule has 124 valence electrons. The number of hydrogen-bond donors (Lipinski definition) is 1. The van der Waals surface area contributed by atoms with Gasteiger partial charge in [-0.3, -0.25) is 9.59 Å². The van der Waals surface area contributed by atoms with Gasteiger partial charge in [0.15, 0.2) is 6.10 Å². The van der Waals surface area contributed by atoms with Crippen molar-refractivity contribution in [2.45, 2.75) is 26.4 Å². The quantitative estimate of drug-likeness (QED) is 0.691. The van der Waals surface area contributed by atoms with Gasteiger partial charge in [-0.1, -0.05) is 0 Å². The molecule has 1 amide bonds. The van der Waals surface area contributed by atoms with E-state index in [4.69, 9.17) is 4.74 Å². The molecular formula is C18H18N2O4. The summed E-state index contributed by atoms with van der Waals surface area (Å²) in [6.45, 7) is 3.70. The number of nitrogens with zero attached hydrogens (tertiary/aromatic N) is 1. The molecule has 2 aromatic rings. The highest BCUT2D eigenvalue weighted by Crippen LogP contribution is 2.29. The highest BCUT2D eigenvalue weighted by molar-refractivity contribution is 6.02. The summed E-state index contributed by atoms with van der Waals surface area (Å²) < 4.78 is 5.21. The van der Waals surface area contributed by atoms with Gasteiger partial charge in [0.05, 0.1) is 0 Å². The molecule has 0 unspecified atom stereocenters. The van der Waals surface area contributed by atoms with Crippen LogP contribution < -0.4 is 4.90 Å². The molecule has 0 aliphatic carbocycles. The minimum atomic E-state index is -0.885. The largest absolute Gasteiger partial charge is 0.450 e. The van der Waals surface area contributed by atoms with E-state index in [-0.39, 0.29) is 11.7 Å². The molecule has 1 N–H and O–H groups in total. The SMILES string of the molecule is CC(=O)N1CCc2cc(C(=O)[C@H](C)OC(=O)c3ccc[nH]3)ccc21. The Balaban J connectivity index is 1.74. The Morgan fingerprint density at radius 1 is 1.25 bits per heavy atom. The van der Waals surface area contributed by atoms with Crippen LogP contribution in [0.25, 0.3) is 0 Å². The van der Waals surface area contributed by atoms with E-state index < -0.39 is 12.1 Å². The normalized spacial score (nSPS) is 14.2. The third kappa shape index (κ3) is 2.95. The number of aromatic amines is 1. The number of Topliss-reactive ketones (excluding diaryl/α,β-unsaturated/α-hetero) is 1. The molecule has 1 aliphatic heterocycles. The maximum atomic E-state index is 12.5. The van der Waals surface area contributed by atoms with Gasteiger partial charge in [0.1, 0.15) is 5.69 Å². The van der Waals surface area contributed by atoms with Crippen molar-refractivity contribution in [3.63, 3.8) is 0 Å². The van der Waals surface area contributed by atoms with Crippen molar-refractivity contribution >= 4 is 23.3 Å². The first-order valence-electron chi connectivity index (χ1n) is 7.77. The van der Waals surface area contributed by atoms with Crippen molar-refractivity contribution < 1.29 is 19.1 Å². The summed E-state index contributed by atoms with van der Waals surface area (Å²) >= 11 is 0. The number of benzene rings is 1. The summed E-state index contributed by atoms with van der Waals surface area (Å²) in [7, 11) is 0. The van der Waals surface area contributed by atoms with Crippen molar-refractivity contribution in [2.75, 3.05) is 11.4 Å². The number of ether oxygens (including phenoxy) is 1. The van der Waals surface area contributed by atoms with Gasteiger partial charge in [-0.2, -0.15) is 0 Å². The first-order chi connectivity index (χ1) is 11.5. The maximum Gasteiger partial charge on any atom is 0.355 e. The number of amides is 1. The number of ketones is 1. The highest BCUT2D eigenvalue weighted by Gasteiger charge is 2.25. The summed E-state index contributed by atoms with van der Waals surface area (Å²) in [5.74, 6) is -0.843. The highest BCUT2D eigenvalue weighted by atomic mass is 16.5. The second-order valence-corrected chi connectivity index (χ2v) is 5.76. The summed E-state index contributed by atoms with van der Waals surface area (Å²) in [5, 5.41) is 0. The molecule has 24 heavy (non-hydrogen) atoms. The Labute approximate surface area is 139 Å². The van der Waals surface area contributed by atoms with Crippen molar-refractivity contribution in [3.05, 3.63) is 53.3 Å². The minimum Gasteiger partial charge on any atom is -0.450 e. The number of hydrogen-bond acceptors (Lipinski definition) is 4. The van der Waals surface area contributed by atoms with Gasteiger partial charge < -0.3 is 14.6 Å². The zero-order valence-corrected chi connectivity index (χ0v) is 13.5. The van der Waals surface area contributed by atoms with Crippen LogP contribution in [0.2, 0.25) is 0 Å². The van der Waals surface area contributed by atoms with Crippen LogP contribution in [0, 0.1) is 0 Å². The number of esters is 1. The third-order valence-electron chi connectivity index (χ3n) is 4.11. The van der Waals surface area contributed by atoms with Crippen molar-refractivity contribution in [3.8, 4) is 0 Å². The van der Waals surface area contributed by atoms with E-state index in [0.717, 1.165) is 11.3 Å². The van der Waals surface area contributed by atoms with Gasteiger partial charge in [0.25, 0.3) is 0 Å². The third-order valence-corrected chi connectivity index (χ3v) is 4.11. The molecule has 0 fully saturated rings. The fourth-order valence-corrected chi connectivity index (χ4v) is 2.85. The number of nitrogens with one attached hydrogen (secondary N) is 1. The van der Waals surface area contributed by atoms with E-state index >= 15 is 0 Å². The molecule has 1 atom stereocenters. The molecule has 0 saturated carbocycles. The van der Waals surface area contributed by atoms with Gasteiger partial charge in [0.2, 0.25) is 11.7 Å². The smallest absolute Gasteiger partial charge is 0.355 e. The molecule has 6 heteroatoms. The molecule has 2 heterocycles. The zero-order valence-electron chi connectivity index (χ0n) is 13.5. The molecule has 0 spiro atoms. The first kappa shape index (κ1) is 16.0. The standard InChI is InChI=1S/C18H18N2O4/c1-11(24-18(23)15-4-3-8-19-15)17(22)14-5-6-16-13(10-14)7-9-20(16)12(2)21/h3-6,8,10-11,19H,7,9H2,1-2H3/t11-/m0/s1. The van der Waals surface area contributed by atoms with Crippen molar-refractivity contribution in [1.82, 2.24) is 4.98 Å². The van der Waals surface area contributed by atoms with Crippen LogP contribution in [0.5, 0.6) is 0 Å². The summed E-state index contributed by atoms with van der Waals surface area (Å²) in [6.07, 6.45) is 1.45. The zero-order chi connectivity index (χ0) is 17.3. The summed E-state index contributed by atoms with van der Waals surface area (Å²) in [5.41, 5.74) is 2.58. The lowest BCUT2D eigenvalue weighted by atomic mass is 10.0. The molecule has 1 aromatic carbocycles. The molecular weight excluding hydrogens is 308 g/mol. The van der Waals surface area contributed by atoms with Crippen LogP contribution in [0.3, 0.4) is 0 Å². The van der Waals surface area contributed by atoms with Gasteiger partial charge >= 0.3 is 5.97 Å². The Morgan fingerprint density at radius 3 is 2.71 bits per heavy atom. The number of anilines is 1. The Hall–Kier alpha value is -2.89. The minimum absolute atomic E-state index is 0.0129. The van der Waals surface area contributed by atoms with E-state index in [1.807, 2.05) is 0 Å². The molecule has 6 nitrogen and oxygen atoms in total. The fraction of sp³-hybridized carbons (Fsp3) is 0.278. The Morgan fingerprint density at radius 2 is 2.04 bits per heavy atom. The van der Waals surface area contributed by atoms with Crippen molar-refractivity contribution in [2.24, 2.45) is 0 Å². The number of carbonyl (C=O) groups is 3. The van der Waals surface area contributed by atoms with Crippen LogP contribution in [-0.2, 0) is 16.0 Å². The number of H-pyrrole nitrogens is 1. The first-order valence-corrected chi connectivity index (χ1v) is 7.77. The summed E-state index contributed by atoms with van der Waals surface area (Å²) in [4.78, 5) is 40.4. The lowest BCUT2D eigenvalue weighted by Gasteiger charge is -2.15. The van der Waals surface area contributed by atoms with E-state index in [1.54, 1.807) is 48.4 Å². The van der Waals surface area contributed by atoms with E-state index in [9.17, 15) is 14.4 Å². The van der Waals surface area contributed by atoms with Crippen LogP contribution in [0.15, 0.2) is 36.5 Å². The lowest BCUT2D eigenvalue weighted by Crippen LogP contribution is -2.26. The molecule has 3 rings (SSSR count). The topological polar surface area (TPSA) is 79.5 Å². The lowest BCUT2D eigenvalue weighted by molar-refractivity contribution is -0.116. The average Bonchev–Trinajstić information content (AvgIpc) is 3.22. The second kappa shape index (κ2) is 6.31. The molecule has 0 bridgehead atoms. The van der Waals surface area contributed by atoms with E-state index in [2.05, 4.69) is 4.98 Å². The van der Waals surface area contributed by atoms with Crippen LogP contribution in [0.4, 0.5) is 5.69 Å². The van der Waals surface area contributed by atoms with Gasteiger partial charge in [-0.25, -0.2) is 4.79 Å². The molecule has 0 saturated heterocycles. The predicted octanol–water partition coefficient (Wildman–Crippen LogP) is 2.35. The van der Waals surface area contributed by atoms with Crippen LogP contribution in [0.1, 0.15) is 40.3 Å². The number of aromatic nitrogens is 1. The van der Waals surface area contributed by atoms with Crippen molar-refractivity contribution in [1.29, 1.82) is 0 Å². The average molecular weight is 326 g/mol. The maximum absolute atomic E-state index is 12.5. The van der Waals surface area contributed by atoms with E-state index in [0.29, 0.717) is 24.2 Å².